The second-order valence-corrected chi connectivity index (χ2v) is 8.83. The van der Waals surface area contributed by atoms with Gasteiger partial charge in [0.05, 0.1) is 12.2 Å². The van der Waals surface area contributed by atoms with Crippen molar-refractivity contribution in [3.05, 3.63) is 7.11 Å². The number of aliphatic hydroxyl groups is 2. The fraction of sp³-hybridized carbons (Fsp3) is 0.842. The van der Waals surface area contributed by atoms with Crippen LogP contribution in [0.4, 0.5) is 0 Å². The molecule has 0 aromatic heterocycles. The summed E-state index contributed by atoms with van der Waals surface area (Å²) in [6.45, 7) is 16.4. The number of ether oxygens (including phenoxy) is 2. The normalized spacial score (nSPS) is 14.0. The lowest BCUT2D eigenvalue weighted by molar-refractivity contribution is -0.540. The van der Waals surface area contributed by atoms with Crippen molar-refractivity contribution in [2.75, 3.05) is 13.2 Å². The second kappa shape index (κ2) is 11.7. The Hall–Kier alpha value is -1.06. The van der Waals surface area contributed by atoms with Gasteiger partial charge in [-0.15, -0.1) is 0 Å². The Labute approximate surface area is 164 Å². The van der Waals surface area contributed by atoms with E-state index in [0.717, 1.165) is 0 Å². The van der Waals surface area contributed by atoms with Crippen LogP contribution in [0.2, 0.25) is 0 Å². The molecule has 0 aromatic rings. The van der Waals surface area contributed by atoms with Gasteiger partial charge in [0.1, 0.15) is 12.1 Å². The zero-order chi connectivity index (χ0) is 21.9. The van der Waals surface area contributed by atoms with Crippen molar-refractivity contribution in [2.45, 2.75) is 85.5 Å². The number of aliphatic hydroxyl groups excluding tert-OH is 1. The predicted octanol–water partition coefficient (Wildman–Crippen LogP) is 1.88. The Morgan fingerprint density at radius 3 is 1.93 bits per heavy atom. The molecule has 2 N–H and O–H groups in total. The first kappa shape index (κ1) is 28.2. The molecule has 0 saturated heterocycles. The van der Waals surface area contributed by atoms with E-state index in [4.69, 9.17) is 24.5 Å². The highest BCUT2D eigenvalue weighted by Crippen LogP contribution is 2.12. The van der Waals surface area contributed by atoms with E-state index in [1.807, 2.05) is 13.8 Å². The standard InChI is InChI=1S/C10H20NO2.C9H18NO4/c1-9(2,3)7-11-13-8-10(4,5)12-6;1-8(2,7(11)12)10-5-6-14-9(3,4)13/h7H,6,8H2,1-5H3;5,7,11-12H,6H2,1-4H3/q2*-1/b11-7-;. The van der Waals surface area contributed by atoms with Crippen LogP contribution in [0.15, 0.2) is 10.1 Å². The minimum absolute atomic E-state index is 0.0511. The first-order valence-corrected chi connectivity index (χ1v) is 8.76. The molecule has 0 aliphatic rings. The molecule has 0 heterocycles. The molecule has 0 spiro atoms. The van der Waals surface area contributed by atoms with Gasteiger partial charge in [-0.2, -0.15) is 0 Å². The lowest BCUT2D eigenvalue weighted by Gasteiger charge is -2.31. The van der Waals surface area contributed by atoms with E-state index in [2.05, 4.69) is 38.0 Å². The number of oxime groups is 1. The summed E-state index contributed by atoms with van der Waals surface area (Å²) in [7, 11) is 3.35. The monoisotopic (exact) mass is 390 g/mol. The summed E-state index contributed by atoms with van der Waals surface area (Å²) < 4.78 is 9.76. The number of aliphatic imine (C=N–C) groups is 1. The maximum atomic E-state index is 11.0. The predicted molar refractivity (Wildman–Crippen MR) is 105 cm³/mol. The number of hydrogen-bond donors (Lipinski definition) is 2. The van der Waals surface area contributed by atoms with Gasteiger partial charge in [0.2, 0.25) is 0 Å². The Morgan fingerprint density at radius 2 is 1.56 bits per heavy atom. The molecule has 0 unspecified atom stereocenters. The third kappa shape index (κ3) is 19.5. The van der Waals surface area contributed by atoms with Gasteiger partial charge in [-0.3, -0.25) is 4.99 Å². The molecule has 0 atom stereocenters. The smallest absolute Gasteiger partial charge is 0.176 e. The van der Waals surface area contributed by atoms with E-state index >= 15 is 0 Å². The molecular formula is C19H38N2O6-2. The van der Waals surface area contributed by atoms with Crippen LogP contribution in [0.25, 0.3) is 0 Å². The molecule has 8 nitrogen and oxygen atoms in total. The third-order valence-electron chi connectivity index (χ3n) is 2.88. The van der Waals surface area contributed by atoms with E-state index < -0.39 is 17.6 Å². The zero-order valence-corrected chi connectivity index (χ0v) is 18.3. The van der Waals surface area contributed by atoms with Crippen LogP contribution in [0.3, 0.4) is 0 Å². The topological polar surface area (TPSA) is 116 Å². The van der Waals surface area contributed by atoms with E-state index in [0.29, 0.717) is 6.61 Å². The highest BCUT2D eigenvalue weighted by atomic mass is 16.6. The summed E-state index contributed by atoms with van der Waals surface area (Å²) in [6, 6.07) is 0. The van der Waals surface area contributed by atoms with Crippen LogP contribution in [-0.4, -0.2) is 59.1 Å². The zero-order valence-electron chi connectivity index (χ0n) is 18.3. The fourth-order valence-electron chi connectivity index (χ4n) is 1.01. The van der Waals surface area contributed by atoms with E-state index in [1.54, 1.807) is 20.1 Å². The molecule has 0 bridgehead atoms. The summed E-state index contributed by atoms with van der Waals surface area (Å²) in [5.74, 6) is -1.45. The van der Waals surface area contributed by atoms with E-state index in [1.165, 1.54) is 20.1 Å². The van der Waals surface area contributed by atoms with Crippen LogP contribution in [0, 0.1) is 12.5 Å². The largest absolute Gasteiger partial charge is 0.829 e. The SMILES string of the molecule is CC(C)([O-])OCC=NC(C)(C)C(O)O.[CH2-]OC(C)(C)CO/N=C\C(C)(C)C. The lowest BCUT2D eigenvalue weighted by atomic mass is 10.00. The number of rotatable bonds is 9. The minimum Gasteiger partial charge on any atom is -0.829 e. The van der Waals surface area contributed by atoms with Crippen molar-refractivity contribution in [3.8, 4) is 0 Å². The van der Waals surface area contributed by atoms with E-state index in [-0.39, 0.29) is 17.6 Å². The maximum Gasteiger partial charge on any atom is 0.176 e. The summed E-state index contributed by atoms with van der Waals surface area (Å²) >= 11 is 0. The van der Waals surface area contributed by atoms with Crippen molar-refractivity contribution >= 4 is 12.4 Å². The van der Waals surface area contributed by atoms with Gasteiger partial charge >= 0.3 is 0 Å². The van der Waals surface area contributed by atoms with E-state index in [9.17, 15) is 5.11 Å². The molecule has 0 aromatic carbocycles. The number of hydrogen-bond acceptors (Lipinski definition) is 8. The van der Waals surface area contributed by atoms with Crippen molar-refractivity contribution in [2.24, 2.45) is 15.6 Å². The molecule has 8 heteroatoms. The Bertz CT molecular complexity index is 446. The van der Waals surface area contributed by atoms with Gasteiger partial charge in [0.25, 0.3) is 0 Å². The van der Waals surface area contributed by atoms with Crippen molar-refractivity contribution in [3.63, 3.8) is 0 Å². The average molecular weight is 391 g/mol. The first-order valence-electron chi connectivity index (χ1n) is 8.76. The maximum absolute atomic E-state index is 11.0. The molecular weight excluding hydrogens is 352 g/mol. The Kier molecular flexibility index (Phi) is 12.2. The summed E-state index contributed by atoms with van der Waals surface area (Å²) in [6.07, 6.45) is 1.60. The van der Waals surface area contributed by atoms with Crippen molar-refractivity contribution in [1.82, 2.24) is 0 Å². The summed E-state index contributed by atoms with van der Waals surface area (Å²) in [5, 5.41) is 32.6. The van der Waals surface area contributed by atoms with Crippen LogP contribution in [-0.2, 0) is 14.3 Å². The molecule has 0 aliphatic carbocycles. The third-order valence-corrected chi connectivity index (χ3v) is 2.88. The average Bonchev–Trinajstić information content (AvgIpc) is 2.47. The van der Waals surface area contributed by atoms with Crippen LogP contribution in [0.5, 0.6) is 0 Å². The minimum atomic E-state index is -1.53. The summed E-state index contributed by atoms with van der Waals surface area (Å²) in [4.78, 5) is 8.94. The fourth-order valence-corrected chi connectivity index (χ4v) is 1.01. The van der Waals surface area contributed by atoms with Gasteiger partial charge in [0, 0.05) is 17.8 Å². The van der Waals surface area contributed by atoms with Gasteiger partial charge in [-0.25, -0.2) is 7.11 Å². The van der Waals surface area contributed by atoms with Gasteiger partial charge in [-0.1, -0.05) is 39.8 Å². The number of nitrogens with zero attached hydrogens (tertiary/aromatic N) is 2. The molecule has 0 radical (unpaired) electrons. The van der Waals surface area contributed by atoms with Crippen LogP contribution < -0.4 is 5.11 Å². The van der Waals surface area contributed by atoms with Gasteiger partial charge < -0.3 is 29.6 Å². The Balaban J connectivity index is 0. The molecule has 0 aliphatic heterocycles. The highest BCUT2D eigenvalue weighted by Gasteiger charge is 2.23. The molecule has 27 heavy (non-hydrogen) atoms. The van der Waals surface area contributed by atoms with Gasteiger partial charge in [0.15, 0.2) is 6.29 Å². The lowest BCUT2D eigenvalue weighted by Crippen LogP contribution is -2.40. The van der Waals surface area contributed by atoms with Crippen molar-refractivity contribution in [1.29, 1.82) is 0 Å². The Morgan fingerprint density at radius 1 is 1.04 bits per heavy atom. The molecule has 0 rings (SSSR count). The summed E-state index contributed by atoms with van der Waals surface area (Å²) in [5.41, 5.74) is -1.30. The van der Waals surface area contributed by atoms with Crippen LogP contribution >= 0.6 is 0 Å². The molecule has 0 fully saturated rings. The van der Waals surface area contributed by atoms with Gasteiger partial charge in [-0.05, 0) is 33.5 Å². The van der Waals surface area contributed by atoms with Crippen molar-refractivity contribution < 1.29 is 29.6 Å². The molecule has 0 amide bonds. The second-order valence-electron chi connectivity index (χ2n) is 8.83. The quantitative estimate of drug-likeness (QED) is 0.269. The molecule has 162 valence electrons. The first-order chi connectivity index (χ1) is 11.9. The highest BCUT2D eigenvalue weighted by molar-refractivity contribution is 5.63. The van der Waals surface area contributed by atoms with Crippen LogP contribution in [0.1, 0.15) is 62.3 Å². The molecule has 0 saturated carbocycles.